The van der Waals surface area contributed by atoms with Crippen LogP contribution in [0.25, 0.3) is 16.9 Å². The average molecular weight is 394 g/mol. The Kier molecular flexibility index (Phi) is 5.87. The minimum absolute atomic E-state index is 0.367. The lowest BCUT2D eigenvalue weighted by Gasteiger charge is -2.19. The lowest BCUT2D eigenvalue weighted by atomic mass is 10.1. The number of amides is 1. The third-order valence-corrected chi connectivity index (χ3v) is 4.21. The number of hydrogen-bond donors (Lipinski definition) is 1. The van der Waals surface area contributed by atoms with E-state index in [-0.39, 0.29) is 0 Å². The largest absolute Gasteiger partial charge is 0.496 e. The molecule has 152 valence electrons. The van der Waals surface area contributed by atoms with Crippen molar-refractivity contribution in [1.82, 2.24) is 20.3 Å². The van der Waals surface area contributed by atoms with Crippen LogP contribution in [0.1, 0.15) is 31.9 Å². The highest BCUT2D eigenvalue weighted by atomic mass is 16.6. The normalized spacial score (nSPS) is 11.2. The van der Waals surface area contributed by atoms with Crippen LogP contribution in [0.4, 0.5) is 4.79 Å². The van der Waals surface area contributed by atoms with Crippen LogP contribution in [0.5, 0.6) is 5.75 Å². The molecule has 1 N–H and O–H groups in total. The van der Waals surface area contributed by atoms with Crippen molar-refractivity contribution in [1.29, 1.82) is 0 Å². The molecule has 0 fully saturated rings. The summed E-state index contributed by atoms with van der Waals surface area (Å²) in [6, 6.07) is 13.7. The van der Waals surface area contributed by atoms with Crippen LogP contribution < -0.4 is 10.1 Å². The lowest BCUT2D eigenvalue weighted by molar-refractivity contribution is 0.0523. The highest BCUT2D eigenvalue weighted by Gasteiger charge is 2.16. The summed E-state index contributed by atoms with van der Waals surface area (Å²) in [6.45, 7) is 7.86. The predicted octanol–water partition coefficient (Wildman–Crippen LogP) is 4.28. The maximum absolute atomic E-state index is 11.9. The first kappa shape index (κ1) is 20.4. The van der Waals surface area contributed by atoms with Crippen LogP contribution in [0.15, 0.2) is 48.7 Å². The SMILES string of the molecule is COc1cc(-n2cc(-c3cccc(CNC(=O)OC(C)(C)C)c3)nn2)ccc1C. The molecule has 0 atom stereocenters. The number of methoxy groups -OCH3 is 1. The van der Waals surface area contributed by atoms with Gasteiger partial charge in [-0.1, -0.05) is 29.5 Å². The van der Waals surface area contributed by atoms with E-state index in [4.69, 9.17) is 9.47 Å². The van der Waals surface area contributed by atoms with E-state index in [0.29, 0.717) is 6.54 Å². The van der Waals surface area contributed by atoms with Crippen molar-refractivity contribution >= 4 is 6.09 Å². The molecule has 1 heterocycles. The average Bonchev–Trinajstić information content (AvgIpc) is 3.16. The summed E-state index contributed by atoms with van der Waals surface area (Å²) >= 11 is 0. The van der Waals surface area contributed by atoms with E-state index in [1.165, 1.54) is 0 Å². The fourth-order valence-electron chi connectivity index (χ4n) is 2.80. The molecule has 0 aliphatic heterocycles. The topological polar surface area (TPSA) is 78.3 Å². The quantitative estimate of drug-likeness (QED) is 0.699. The van der Waals surface area contributed by atoms with E-state index in [1.807, 2.05) is 76.4 Å². The number of nitrogens with one attached hydrogen (secondary N) is 1. The molecule has 0 saturated carbocycles. The molecule has 1 aromatic heterocycles. The molecule has 7 heteroatoms. The third-order valence-electron chi connectivity index (χ3n) is 4.21. The van der Waals surface area contributed by atoms with Crippen molar-refractivity contribution in [3.63, 3.8) is 0 Å². The van der Waals surface area contributed by atoms with E-state index in [2.05, 4.69) is 15.6 Å². The summed E-state index contributed by atoms with van der Waals surface area (Å²) in [5, 5.41) is 11.3. The molecule has 0 spiro atoms. The Bertz CT molecular complexity index is 1010. The van der Waals surface area contributed by atoms with Crippen molar-refractivity contribution in [2.45, 2.75) is 39.8 Å². The molecule has 0 unspecified atom stereocenters. The van der Waals surface area contributed by atoms with Crippen molar-refractivity contribution in [3.05, 3.63) is 59.8 Å². The smallest absolute Gasteiger partial charge is 0.407 e. The molecule has 7 nitrogen and oxygen atoms in total. The summed E-state index contributed by atoms with van der Waals surface area (Å²) in [7, 11) is 1.65. The van der Waals surface area contributed by atoms with Crippen molar-refractivity contribution in [2.75, 3.05) is 7.11 Å². The number of alkyl carbamates (subject to hydrolysis) is 1. The maximum Gasteiger partial charge on any atom is 0.407 e. The van der Waals surface area contributed by atoms with Gasteiger partial charge in [-0.25, -0.2) is 9.48 Å². The Morgan fingerprint density at radius 2 is 1.97 bits per heavy atom. The van der Waals surface area contributed by atoms with Crippen LogP contribution in [0.2, 0.25) is 0 Å². The summed E-state index contributed by atoms with van der Waals surface area (Å²) < 4.78 is 12.4. The molecular weight excluding hydrogens is 368 g/mol. The number of aryl methyl sites for hydroxylation is 1. The molecule has 2 aromatic carbocycles. The lowest BCUT2D eigenvalue weighted by Crippen LogP contribution is -2.32. The van der Waals surface area contributed by atoms with Gasteiger partial charge < -0.3 is 14.8 Å². The van der Waals surface area contributed by atoms with Gasteiger partial charge >= 0.3 is 6.09 Å². The van der Waals surface area contributed by atoms with Crippen molar-refractivity contribution in [2.24, 2.45) is 0 Å². The van der Waals surface area contributed by atoms with Crippen LogP contribution in [-0.2, 0) is 11.3 Å². The first-order valence-electron chi connectivity index (χ1n) is 9.39. The van der Waals surface area contributed by atoms with E-state index in [1.54, 1.807) is 11.8 Å². The number of benzene rings is 2. The van der Waals surface area contributed by atoms with Gasteiger partial charge in [0.25, 0.3) is 0 Å². The Morgan fingerprint density at radius 1 is 1.17 bits per heavy atom. The summed E-state index contributed by atoms with van der Waals surface area (Å²) in [6.07, 6.45) is 1.42. The number of rotatable bonds is 5. The molecular formula is C22H26N4O3. The first-order valence-corrected chi connectivity index (χ1v) is 9.39. The van der Waals surface area contributed by atoms with E-state index < -0.39 is 11.7 Å². The highest BCUT2D eigenvalue weighted by molar-refractivity contribution is 5.68. The minimum atomic E-state index is -0.525. The molecule has 0 aliphatic rings. The Morgan fingerprint density at radius 3 is 2.69 bits per heavy atom. The zero-order chi connectivity index (χ0) is 21.0. The molecule has 3 aromatic rings. The van der Waals surface area contributed by atoms with Gasteiger partial charge in [0.15, 0.2) is 0 Å². The fourth-order valence-corrected chi connectivity index (χ4v) is 2.80. The zero-order valence-corrected chi connectivity index (χ0v) is 17.4. The highest BCUT2D eigenvalue weighted by Crippen LogP contribution is 2.23. The third kappa shape index (κ3) is 5.34. The van der Waals surface area contributed by atoms with Gasteiger partial charge in [-0.05, 0) is 51.0 Å². The molecule has 3 rings (SSSR count). The number of aromatic nitrogens is 3. The van der Waals surface area contributed by atoms with Crippen molar-refractivity contribution < 1.29 is 14.3 Å². The standard InChI is InChI=1S/C22H26N4O3/c1-15-9-10-18(12-20(15)28-5)26-14-19(24-25-26)17-8-6-7-16(11-17)13-23-21(27)29-22(2,3)4/h6-12,14H,13H2,1-5H3,(H,23,27). The van der Waals surface area contributed by atoms with Gasteiger partial charge in [0.1, 0.15) is 17.0 Å². The van der Waals surface area contributed by atoms with Crippen molar-refractivity contribution in [3.8, 4) is 22.7 Å². The van der Waals surface area contributed by atoms with E-state index in [9.17, 15) is 4.79 Å². The first-order chi connectivity index (χ1) is 13.7. The number of ether oxygens (including phenoxy) is 2. The van der Waals surface area contributed by atoms with Gasteiger partial charge in [-0.15, -0.1) is 5.10 Å². The monoisotopic (exact) mass is 394 g/mol. The minimum Gasteiger partial charge on any atom is -0.496 e. The molecule has 0 bridgehead atoms. The molecule has 0 aliphatic carbocycles. The molecule has 0 radical (unpaired) electrons. The summed E-state index contributed by atoms with van der Waals surface area (Å²) in [5.41, 5.74) is 4.00. The van der Waals surface area contributed by atoms with E-state index >= 15 is 0 Å². The zero-order valence-electron chi connectivity index (χ0n) is 17.4. The summed E-state index contributed by atoms with van der Waals surface area (Å²) in [4.78, 5) is 11.9. The Balaban J connectivity index is 1.74. The molecule has 29 heavy (non-hydrogen) atoms. The second kappa shape index (κ2) is 8.34. The van der Waals surface area contributed by atoms with Crippen LogP contribution in [0, 0.1) is 6.92 Å². The second-order valence-electron chi connectivity index (χ2n) is 7.76. The Hall–Kier alpha value is -3.35. The number of carbonyl (C=O) groups is 1. The van der Waals surface area contributed by atoms with Crippen LogP contribution >= 0.6 is 0 Å². The summed E-state index contributed by atoms with van der Waals surface area (Å²) in [5.74, 6) is 0.801. The molecule has 1 amide bonds. The molecule has 0 saturated heterocycles. The van der Waals surface area contributed by atoms with Gasteiger partial charge in [-0.2, -0.15) is 0 Å². The van der Waals surface area contributed by atoms with Gasteiger partial charge in [0, 0.05) is 18.2 Å². The van der Waals surface area contributed by atoms with E-state index in [0.717, 1.165) is 33.8 Å². The fraction of sp³-hybridized carbons (Fsp3) is 0.318. The second-order valence-corrected chi connectivity index (χ2v) is 7.76. The van der Waals surface area contributed by atoms with Crippen LogP contribution in [0.3, 0.4) is 0 Å². The maximum atomic E-state index is 11.9. The van der Waals surface area contributed by atoms with Gasteiger partial charge in [0.2, 0.25) is 0 Å². The number of hydrogen-bond acceptors (Lipinski definition) is 5. The number of nitrogens with zero attached hydrogens (tertiary/aromatic N) is 3. The predicted molar refractivity (Wildman–Crippen MR) is 111 cm³/mol. The van der Waals surface area contributed by atoms with Crippen LogP contribution in [-0.4, -0.2) is 33.8 Å². The van der Waals surface area contributed by atoms with Gasteiger partial charge in [-0.3, -0.25) is 0 Å². The number of carbonyl (C=O) groups excluding carboxylic acids is 1. The Labute approximate surface area is 170 Å². The van der Waals surface area contributed by atoms with Gasteiger partial charge in [0.05, 0.1) is 19.0 Å².